The number of carbonyl (C=O) groups is 1. The molecule has 2 N–H and O–H groups in total. The Hall–Kier alpha value is -1.24. The van der Waals surface area contributed by atoms with Gasteiger partial charge in [-0.25, -0.2) is 4.98 Å². The highest BCUT2D eigenvalue weighted by atomic mass is 35.5. The van der Waals surface area contributed by atoms with Crippen LogP contribution in [0, 0.1) is 5.41 Å². The molecule has 0 aliphatic carbocycles. The van der Waals surface area contributed by atoms with Gasteiger partial charge in [0, 0.05) is 38.4 Å². The Morgan fingerprint density at radius 3 is 2.33 bits per heavy atom. The Morgan fingerprint density at radius 2 is 1.83 bits per heavy atom. The second kappa shape index (κ2) is 9.30. The lowest BCUT2D eigenvalue weighted by Crippen LogP contribution is -2.56. The maximum Gasteiger partial charge on any atom is 0.240 e. The van der Waals surface area contributed by atoms with Crippen LogP contribution in [0.15, 0.2) is 18.3 Å². The number of carbonyl (C=O) groups excluding carboxylic acids is 1. The van der Waals surface area contributed by atoms with Crippen molar-refractivity contribution in [2.75, 3.05) is 38.2 Å². The van der Waals surface area contributed by atoms with Gasteiger partial charge in [-0.15, -0.1) is 24.8 Å². The molecule has 1 aromatic rings. The maximum absolute atomic E-state index is 12.4. The summed E-state index contributed by atoms with van der Waals surface area (Å²) >= 11 is 0. The molecule has 24 heavy (non-hydrogen) atoms. The first-order valence-corrected chi connectivity index (χ1v) is 7.62. The average Bonchev–Trinajstić information content (AvgIpc) is 2.53. The lowest BCUT2D eigenvalue weighted by atomic mass is 9.86. The zero-order valence-electron chi connectivity index (χ0n) is 14.7. The molecule has 6 nitrogen and oxygen atoms in total. The lowest BCUT2D eigenvalue weighted by molar-refractivity contribution is -0.135. The number of halogens is 2. The van der Waals surface area contributed by atoms with Gasteiger partial charge in [-0.3, -0.25) is 4.79 Å². The third kappa shape index (κ3) is 5.40. The molecule has 1 atom stereocenters. The predicted octanol–water partition coefficient (Wildman–Crippen LogP) is 1.96. The van der Waals surface area contributed by atoms with E-state index in [0.29, 0.717) is 13.1 Å². The van der Waals surface area contributed by atoms with Gasteiger partial charge >= 0.3 is 0 Å². The molecule has 1 aliphatic rings. The van der Waals surface area contributed by atoms with Crippen LogP contribution in [-0.4, -0.2) is 55.1 Å². The number of methoxy groups -OCH3 is 1. The van der Waals surface area contributed by atoms with Gasteiger partial charge in [0.15, 0.2) is 0 Å². The fourth-order valence-corrected chi connectivity index (χ4v) is 2.42. The molecule has 1 aliphatic heterocycles. The molecule has 1 saturated heterocycles. The van der Waals surface area contributed by atoms with Crippen molar-refractivity contribution in [1.82, 2.24) is 9.88 Å². The second-order valence-corrected chi connectivity index (χ2v) is 6.71. The zero-order valence-corrected chi connectivity index (χ0v) is 16.3. The summed E-state index contributed by atoms with van der Waals surface area (Å²) in [5.74, 6) is 1.70. The Kier molecular flexibility index (Phi) is 8.82. The maximum atomic E-state index is 12.4. The molecule has 0 saturated carbocycles. The first-order chi connectivity index (χ1) is 10.3. The third-order valence-electron chi connectivity index (χ3n) is 4.07. The number of anilines is 1. The number of ether oxygens (including phenoxy) is 1. The summed E-state index contributed by atoms with van der Waals surface area (Å²) < 4.78 is 5.23. The Morgan fingerprint density at radius 1 is 1.25 bits per heavy atom. The average molecular weight is 379 g/mol. The van der Waals surface area contributed by atoms with E-state index in [0.717, 1.165) is 24.7 Å². The smallest absolute Gasteiger partial charge is 0.240 e. The molecule has 8 heteroatoms. The normalized spacial score (nSPS) is 15.9. The number of rotatable bonds is 3. The molecule has 0 radical (unpaired) electrons. The monoisotopic (exact) mass is 378 g/mol. The van der Waals surface area contributed by atoms with Crippen molar-refractivity contribution in [3.8, 4) is 5.75 Å². The molecule has 138 valence electrons. The van der Waals surface area contributed by atoms with Crippen molar-refractivity contribution < 1.29 is 9.53 Å². The predicted molar refractivity (Wildman–Crippen MR) is 102 cm³/mol. The first-order valence-electron chi connectivity index (χ1n) is 7.62. The van der Waals surface area contributed by atoms with E-state index < -0.39 is 6.04 Å². The molecule has 0 aromatic carbocycles. The summed E-state index contributed by atoms with van der Waals surface area (Å²) in [6.45, 7) is 8.82. The van der Waals surface area contributed by atoms with Crippen molar-refractivity contribution >= 4 is 36.5 Å². The van der Waals surface area contributed by atoms with E-state index in [-0.39, 0.29) is 36.1 Å². The van der Waals surface area contributed by atoms with Crippen LogP contribution < -0.4 is 15.4 Å². The van der Waals surface area contributed by atoms with Crippen molar-refractivity contribution in [1.29, 1.82) is 0 Å². The molecule has 0 unspecified atom stereocenters. The number of pyridine rings is 1. The van der Waals surface area contributed by atoms with Gasteiger partial charge in [-0.2, -0.15) is 0 Å². The Bertz CT molecular complexity index is 529. The lowest BCUT2D eigenvalue weighted by Gasteiger charge is -2.38. The SMILES string of the molecule is COc1ccnc(N2CCN(C(=O)[C@@H](N)C(C)(C)C)CC2)c1.Cl.Cl. The highest BCUT2D eigenvalue weighted by Gasteiger charge is 2.32. The minimum atomic E-state index is -0.464. The van der Waals surface area contributed by atoms with Gasteiger partial charge in [-0.1, -0.05) is 20.8 Å². The quantitative estimate of drug-likeness (QED) is 0.869. The number of amides is 1. The van der Waals surface area contributed by atoms with Crippen LogP contribution in [0.1, 0.15) is 20.8 Å². The summed E-state index contributed by atoms with van der Waals surface area (Å²) in [4.78, 5) is 20.8. The van der Waals surface area contributed by atoms with E-state index in [1.807, 2.05) is 37.8 Å². The summed E-state index contributed by atoms with van der Waals surface area (Å²) in [5, 5.41) is 0. The van der Waals surface area contributed by atoms with Gasteiger partial charge in [-0.05, 0) is 11.5 Å². The fraction of sp³-hybridized carbons (Fsp3) is 0.625. The fourth-order valence-electron chi connectivity index (χ4n) is 2.42. The van der Waals surface area contributed by atoms with Crippen molar-refractivity contribution in [2.45, 2.75) is 26.8 Å². The number of nitrogens with zero attached hydrogens (tertiary/aromatic N) is 3. The van der Waals surface area contributed by atoms with Crippen molar-refractivity contribution in [3.05, 3.63) is 18.3 Å². The van der Waals surface area contributed by atoms with Crippen LogP contribution >= 0.6 is 24.8 Å². The standard InChI is InChI=1S/C16H26N4O2.2ClH/c1-16(2,3)14(17)15(21)20-9-7-19(8-10-20)13-11-12(22-4)5-6-18-13;;/h5-6,11,14H,7-10,17H2,1-4H3;2*1H/t14-;;/m1../s1. The summed E-state index contributed by atoms with van der Waals surface area (Å²) in [7, 11) is 1.64. The molecular formula is C16H28Cl2N4O2. The topological polar surface area (TPSA) is 71.7 Å². The number of nitrogens with two attached hydrogens (primary N) is 1. The van der Waals surface area contributed by atoms with Crippen molar-refractivity contribution in [3.63, 3.8) is 0 Å². The number of hydrogen-bond acceptors (Lipinski definition) is 5. The van der Waals surface area contributed by atoms with Crippen molar-refractivity contribution in [2.24, 2.45) is 11.1 Å². The van der Waals surface area contributed by atoms with E-state index in [1.165, 1.54) is 0 Å². The molecule has 1 aromatic heterocycles. The molecule has 2 rings (SSSR count). The summed E-state index contributed by atoms with van der Waals surface area (Å²) in [6.07, 6.45) is 1.74. The van der Waals surface area contributed by atoms with Crippen LogP contribution in [0.5, 0.6) is 5.75 Å². The molecule has 1 amide bonds. The van der Waals surface area contributed by atoms with Crippen LogP contribution in [0.4, 0.5) is 5.82 Å². The minimum Gasteiger partial charge on any atom is -0.497 e. The van der Waals surface area contributed by atoms with E-state index in [2.05, 4.69) is 9.88 Å². The number of hydrogen-bond donors (Lipinski definition) is 1. The molecular weight excluding hydrogens is 351 g/mol. The van der Waals surface area contributed by atoms with Gasteiger partial charge in [0.25, 0.3) is 0 Å². The third-order valence-corrected chi connectivity index (χ3v) is 4.07. The molecule has 0 bridgehead atoms. The van der Waals surface area contributed by atoms with E-state index in [4.69, 9.17) is 10.5 Å². The molecule has 1 fully saturated rings. The number of aromatic nitrogens is 1. The molecule has 2 heterocycles. The highest BCUT2D eigenvalue weighted by molar-refractivity contribution is 5.85. The van der Waals surface area contributed by atoms with Gasteiger partial charge < -0.3 is 20.3 Å². The van der Waals surface area contributed by atoms with E-state index in [9.17, 15) is 4.79 Å². The number of piperazine rings is 1. The highest BCUT2D eigenvalue weighted by Crippen LogP contribution is 2.22. The van der Waals surface area contributed by atoms with Crippen LogP contribution in [0.2, 0.25) is 0 Å². The Labute approximate surface area is 156 Å². The summed E-state index contributed by atoms with van der Waals surface area (Å²) in [6, 6.07) is 3.28. The zero-order chi connectivity index (χ0) is 16.3. The summed E-state index contributed by atoms with van der Waals surface area (Å²) in [5.41, 5.74) is 5.86. The Balaban J connectivity index is 0.00000264. The van der Waals surface area contributed by atoms with Gasteiger partial charge in [0.1, 0.15) is 11.6 Å². The van der Waals surface area contributed by atoms with Crippen LogP contribution in [-0.2, 0) is 4.79 Å². The van der Waals surface area contributed by atoms with Gasteiger partial charge in [0.2, 0.25) is 5.91 Å². The van der Waals surface area contributed by atoms with E-state index >= 15 is 0 Å². The second-order valence-electron chi connectivity index (χ2n) is 6.71. The largest absolute Gasteiger partial charge is 0.497 e. The van der Waals surface area contributed by atoms with Crippen LogP contribution in [0.3, 0.4) is 0 Å². The minimum absolute atomic E-state index is 0. The van der Waals surface area contributed by atoms with Gasteiger partial charge in [0.05, 0.1) is 13.2 Å². The first kappa shape index (κ1) is 22.8. The van der Waals surface area contributed by atoms with E-state index in [1.54, 1.807) is 13.3 Å². The van der Waals surface area contributed by atoms with Crippen LogP contribution in [0.25, 0.3) is 0 Å². The molecule has 0 spiro atoms.